The van der Waals surface area contributed by atoms with Crippen molar-refractivity contribution in [2.24, 2.45) is 0 Å². The Morgan fingerprint density at radius 3 is 2.68 bits per heavy atom. The van der Waals surface area contributed by atoms with E-state index in [1.54, 1.807) is 11.3 Å². The summed E-state index contributed by atoms with van der Waals surface area (Å²) in [5.74, 6) is 0.324. The van der Waals surface area contributed by atoms with Gasteiger partial charge in [0, 0.05) is 15.8 Å². The summed E-state index contributed by atoms with van der Waals surface area (Å²) in [6, 6.07) is 2.03. The van der Waals surface area contributed by atoms with Gasteiger partial charge in [0.2, 0.25) is 5.91 Å². The van der Waals surface area contributed by atoms with E-state index in [4.69, 9.17) is 0 Å². The van der Waals surface area contributed by atoms with Crippen molar-refractivity contribution in [2.75, 3.05) is 25.1 Å². The Labute approximate surface area is 136 Å². The molecule has 1 N–H and O–H groups in total. The SMILES string of the molecule is Cc1cc([C@@H](C)NC(=O)CN(C)[C@@H]2CCS(=O)(=O)C2)c(C)s1. The van der Waals surface area contributed by atoms with Gasteiger partial charge in [-0.05, 0) is 45.9 Å². The van der Waals surface area contributed by atoms with Crippen molar-refractivity contribution in [3.05, 3.63) is 21.4 Å². The van der Waals surface area contributed by atoms with Gasteiger partial charge in [-0.25, -0.2) is 8.42 Å². The summed E-state index contributed by atoms with van der Waals surface area (Å²) >= 11 is 1.73. The van der Waals surface area contributed by atoms with E-state index >= 15 is 0 Å². The molecule has 2 rings (SSSR count). The van der Waals surface area contributed by atoms with Gasteiger partial charge in [-0.1, -0.05) is 0 Å². The molecule has 1 aromatic heterocycles. The smallest absolute Gasteiger partial charge is 0.234 e. The van der Waals surface area contributed by atoms with Crippen LogP contribution in [0.2, 0.25) is 0 Å². The van der Waals surface area contributed by atoms with E-state index in [0.717, 1.165) is 5.56 Å². The first kappa shape index (κ1) is 17.4. The van der Waals surface area contributed by atoms with Crippen LogP contribution in [0.4, 0.5) is 0 Å². The molecule has 7 heteroatoms. The first-order chi connectivity index (χ1) is 10.2. The van der Waals surface area contributed by atoms with Crippen LogP contribution in [0.25, 0.3) is 0 Å². The summed E-state index contributed by atoms with van der Waals surface area (Å²) in [6.45, 7) is 6.33. The molecule has 0 bridgehead atoms. The zero-order valence-electron chi connectivity index (χ0n) is 13.5. The van der Waals surface area contributed by atoms with Crippen molar-refractivity contribution >= 4 is 27.1 Å². The number of aryl methyl sites for hydroxylation is 2. The number of nitrogens with one attached hydrogen (secondary N) is 1. The van der Waals surface area contributed by atoms with E-state index in [-0.39, 0.29) is 36.0 Å². The molecular formula is C15H24N2O3S2. The Kier molecular flexibility index (Phi) is 5.29. The Morgan fingerprint density at radius 1 is 1.50 bits per heavy atom. The third-order valence-electron chi connectivity index (χ3n) is 4.15. The fraction of sp³-hybridized carbons (Fsp3) is 0.667. The number of likely N-dealkylation sites (N-methyl/N-ethyl adjacent to an activating group) is 1. The number of carbonyl (C=O) groups excluding carboxylic acids is 1. The summed E-state index contributed by atoms with van der Waals surface area (Å²) in [6.07, 6.45) is 0.616. The van der Waals surface area contributed by atoms with Crippen molar-refractivity contribution in [1.29, 1.82) is 0 Å². The summed E-state index contributed by atoms with van der Waals surface area (Å²) in [7, 11) is -1.10. The lowest BCUT2D eigenvalue weighted by atomic mass is 10.1. The van der Waals surface area contributed by atoms with Gasteiger partial charge in [0.25, 0.3) is 0 Å². The lowest BCUT2D eigenvalue weighted by molar-refractivity contribution is -0.123. The van der Waals surface area contributed by atoms with Gasteiger partial charge in [-0.15, -0.1) is 11.3 Å². The molecule has 0 radical (unpaired) electrons. The van der Waals surface area contributed by atoms with Gasteiger partial charge in [-0.2, -0.15) is 0 Å². The molecule has 2 heterocycles. The zero-order valence-corrected chi connectivity index (χ0v) is 15.2. The third kappa shape index (κ3) is 4.30. The molecular weight excluding hydrogens is 320 g/mol. The standard InChI is InChI=1S/C15H24N2O3S2/c1-10-7-14(12(3)21-10)11(2)16-15(18)8-17(4)13-5-6-22(19,20)9-13/h7,11,13H,5-6,8-9H2,1-4H3,(H,16,18)/t11-,13-/m1/s1. The number of carbonyl (C=O) groups is 1. The minimum Gasteiger partial charge on any atom is -0.348 e. The van der Waals surface area contributed by atoms with Crippen LogP contribution in [0.1, 0.15) is 34.7 Å². The van der Waals surface area contributed by atoms with Crippen LogP contribution in [0, 0.1) is 13.8 Å². The number of amides is 1. The molecule has 1 aliphatic heterocycles. The van der Waals surface area contributed by atoms with Gasteiger partial charge in [0.05, 0.1) is 24.1 Å². The van der Waals surface area contributed by atoms with Crippen molar-refractivity contribution in [3.8, 4) is 0 Å². The van der Waals surface area contributed by atoms with Crippen molar-refractivity contribution in [1.82, 2.24) is 10.2 Å². The van der Waals surface area contributed by atoms with Crippen LogP contribution < -0.4 is 5.32 Å². The summed E-state index contributed by atoms with van der Waals surface area (Å²) < 4.78 is 23.0. The maximum Gasteiger partial charge on any atom is 0.234 e. The van der Waals surface area contributed by atoms with Crippen LogP contribution in [-0.2, 0) is 14.6 Å². The van der Waals surface area contributed by atoms with Gasteiger partial charge >= 0.3 is 0 Å². The van der Waals surface area contributed by atoms with E-state index in [0.29, 0.717) is 6.42 Å². The molecule has 0 aromatic carbocycles. The average molecular weight is 345 g/mol. The minimum absolute atomic E-state index is 0.0295. The lowest BCUT2D eigenvalue weighted by Gasteiger charge is -2.23. The highest BCUT2D eigenvalue weighted by Gasteiger charge is 2.31. The fourth-order valence-corrected chi connectivity index (χ4v) is 5.75. The molecule has 0 saturated carbocycles. The molecule has 5 nitrogen and oxygen atoms in total. The number of rotatable bonds is 5. The second-order valence-corrected chi connectivity index (χ2v) is 9.82. The molecule has 1 amide bonds. The molecule has 1 aliphatic rings. The van der Waals surface area contributed by atoms with Crippen molar-refractivity contribution < 1.29 is 13.2 Å². The maximum atomic E-state index is 12.2. The van der Waals surface area contributed by atoms with Crippen molar-refractivity contribution in [2.45, 2.75) is 39.3 Å². The van der Waals surface area contributed by atoms with E-state index in [2.05, 4.69) is 25.2 Å². The number of sulfone groups is 1. The lowest BCUT2D eigenvalue weighted by Crippen LogP contribution is -2.41. The van der Waals surface area contributed by atoms with Crippen LogP contribution >= 0.6 is 11.3 Å². The number of hydrogen-bond donors (Lipinski definition) is 1. The average Bonchev–Trinajstić information content (AvgIpc) is 2.91. The van der Waals surface area contributed by atoms with Crippen LogP contribution in [0.3, 0.4) is 0 Å². The van der Waals surface area contributed by atoms with Crippen LogP contribution in [0.5, 0.6) is 0 Å². The van der Waals surface area contributed by atoms with Crippen molar-refractivity contribution in [3.63, 3.8) is 0 Å². The number of thiophene rings is 1. The second-order valence-electron chi connectivity index (χ2n) is 6.13. The zero-order chi connectivity index (χ0) is 16.5. The topological polar surface area (TPSA) is 66.5 Å². The summed E-state index contributed by atoms with van der Waals surface area (Å²) in [5, 5.41) is 3.00. The Bertz CT molecular complexity index is 652. The molecule has 0 aliphatic carbocycles. The molecule has 1 saturated heterocycles. The highest BCUT2D eigenvalue weighted by Crippen LogP contribution is 2.26. The Balaban J connectivity index is 1.89. The molecule has 1 fully saturated rings. The third-order valence-corrected chi connectivity index (χ3v) is 6.88. The number of nitrogens with zero attached hydrogens (tertiary/aromatic N) is 1. The molecule has 2 atom stereocenters. The van der Waals surface area contributed by atoms with E-state index in [1.807, 2.05) is 18.9 Å². The highest BCUT2D eigenvalue weighted by atomic mass is 32.2. The predicted octanol–water partition coefficient (Wildman–Crippen LogP) is 1.66. The maximum absolute atomic E-state index is 12.2. The normalized spacial score (nSPS) is 22.0. The first-order valence-electron chi connectivity index (χ1n) is 7.45. The second kappa shape index (κ2) is 6.68. The van der Waals surface area contributed by atoms with Gasteiger partial charge in [-0.3, -0.25) is 9.69 Å². The monoisotopic (exact) mass is 344 g/mol. The molecule has 0 unspecified atom stereocenters. The largest absolute Gasteiger partial charge is 0.348 e. The molecule has 22 heavy (non-hydrogen) atoms. The fourth-order valence-electron chi connectivity index (χ4n) is 2.92. The van der Waals surface area contributed by atoms with Crippen LogP contribution in [0.15, 0.2) is 6.07 Å². The minimum atomic E-state index is -2.92. The summed E-state index contributed by atoms with van der Waals surface area (Å²) in [4.78, 5) is 16.5. The highest BCUT2D eigenvalue weighted by molar-refractivity contribution is 7.91. The molecule has 1 aromatic rings. The quantitative estimate of drug-likeness (QED) is 0.882. The van der Waals surface area contributed by atoms with Gasteiger partial charge < -0.3 is 5.32 Å². The van der Waals surface area contributed by atoms with Gasteiger partial charge in [0.15, 0.2) is 9.84 Å². The van der Waals surface area contributed by atoms with Gasteiger partial charge in [0.1, 0.15) is 0 Å². The van der Waals surface area contributed by atoms with Crippen LogP contribution in [-0.4, -0.2) is 50.4 Å². The molecule has 124 valence electrons. The Hall–Kier alpha value is -0.920. The Morgan fingerprint density at radius 2 is 2.18 bits per heavy atom. The predicted molar refractivity (Wildman–Crippen MR) is 90.0 cm³/mol. The summed E-state index contributed by atoms with van der Waals surface area (Å²) in [5.41, 5.74) is 1.15. The number of hydrogen-bond acceptors (Lipinski definition) is 5. The van der Waals surface area contributed by atoms with E-state index < -0.39 is 9.84 Å². The van der Waals surface area contributed by atoms with E-state index in [1.165, 1.54) is 9.75 Å². The molecule has 0 spiro atoms. The van der Waals surface area contributed by atoms with E-state index in [9.17, 15) is 13.2 Å². The first-order valence-corrected chi connectivity index (χ1v) is 10.1.